The summed E-state index contributed by atoms with van der Waals surface area (Å²) in [4.78, 5) is 19.6. The fraction of sp³-hybridized carbons (Fsp3) is 0.952. The molecule has 0 saturated carbocycles. The van der Waals surface area contributed by atoms with Gasteiger partial charge in [-0.25, -0.2) is 4.79 Å². The van der Waals surface area contributed by atoms with E-state index in [0.29, 0.717) is 18.0 Å². The van der Waals surface area contributed by atoms with E-state index in [1.54, 1.807) is 0 Å². The zero-order valence-electron chi connectivity index (χ0n) is 17.9. The van der Waals surface area contributed by atoms with E-state index in [-0.39, 0.29) is 6.09 Å². The molecule has 1 amide bonds. The van der Waals surface area contributed by atoms with E-state index in [2.05, 4.69) is 9.80 Å². The second kappa shape index (κ2) is 7.88. The summed E-state index contributed by atoms with van der Waals surface area (Å²) < 4.78 is 5.65. The maximum atomic E-state index is 12.6. The number of piperazine rings is 1. The Morgan fingerprint density at radius 3 is 1.96 bits per heavy atom. The molecule has 0 aromatic carbocycles. The van der Waals surface area contributed by atoms with Crippen molar-refractivity contribution in [1.29, 1.82) is 0 Å². The largest absolute Gasteiger partial charge is 0.444 e. The number of ether oxygens (including phenoxy) is 1. The van der Waals surface area contributed by atoms with Crippen LogP contribution in [-0.2, 0) is 4.74 Å². The van der Waals surface area contributed by atoms with Gasteiger partial charge < -0.3 is 19.6 Å². The lowest BCUT2D eigenvalue weighted by Crippen LogP contribution is -2.53. The lowest BCUT2D eigenvalue weighted by atomic mass is 9.90. The number of amides is 1. The summed E-state index contributed by atoms with van der Waals surface area (Å²) in [5.74, 6) is 0.682. The molecule has 2 unspecified atom stereocenters. The molecule has 3 heterocycles. The third-order valence-electron chi connectivity index (χ3n) is 6.03. The lowest BCUT2D eigenvalue weighted by Gasteiger charge is -2.42. The molecule has 2 bridgehead atoms. The summed E-state index contributed by atoms with van der Waals surface area (Å²) in [5.41, 5.74) is -1.04. The van der Waals surface area contributed by atoms with Gasteiger partial charge in [0.05, 0.1) is 5.60 Å². The van der Waals surface area contributed by atoms with Crippen molar-refractivity contribution in [1.82, 2.24) is 14.7 Å². The highest BCUT2D eigenvalue weighted by atomic mass is 16.6. The van der Waals surface area contributed by atoms with E-state index in [1.807, 2.05) is 39.5 Å². The standard InChI is InChI=1S/C21H39N3O3/c1-20(2,3)27-19(25)24-17-6-7-18(24)13-16(12-17)14-22-8-10-23(11-9-22)15-21(4,5)26/h16-18,26H,6-15H2,1-5H3. The van der Waals surface area contributed by atoms with Gasteiger partial charge in [-0.2, -0.15) is 0 Å². The first-order chi connectivity index (χ1) is 12.5. The highest BCUT2D eigenvalue weighted by Gasteiger charge is 2.45. The molecule has 6 heteroatoms. The van der Waals surface area contributed by atoms with Gasteiger partial charge in [-0.15, -0.1) is 0 Å². The zero-order valence-corrected chi connectivity index (χ0v) is 17.9. The molecule has 3 fully saturated rings. The van der Waals surface area contributed by atoms with Crippen molar-refractivity contribution in [2.24, 2.45) is 5.92 Å². The number of carbonyl (C=O) groups is 1. The summed E-state index contributed by atoms with van der Waals surface area (Å²) in [6, 6.07) is 0.722. The molecular formula is C21H39N3O3. The van der Waals surface area contributed by atoms with Crippen LogP contribution in [0.5, 0.6) is 0 Å². The summed E-state index contributed by atoms with van der Waals surface area (Å²) >= 11 is 0. The molecule has 2 atom stereocenters. The maximum Gasteiger partial charge on any atom is 0.410 e. The predicted molar refractivity (Wildman–Crippen MR) is 107 cm³/mol. The Balaban J connectivity index is 1.46. The van der Waals surface area contributed by atoms with Crippen molar-refractivity contribution in [2.75, 3.05) is 39.3 Å². The predicted octanol–water partition coefficient (Wildman–Crippen LogP) is 2.55. The first-order valence-electron chi connectivity index (χ1n) is 10.7. The molecule has 3 rings (SSSR count). The van der Waals surface area contributed by atoms with Crippen molar-refractivity contribution in [3.8, 4) is 0 Å². The highest BCUT2D eigenvalue weighted by Crippen LogP contribution is 2.39. The molecule has 27 heavy (non-hydrogen) atoms. The minimum atomic E-state index is -0.615. The zero-order chi connectivity index (χ0) is 19.8. The normalized spacial score (nSPS) is 30.6. The average Bonchev–Trinajstić information content (AvgIpc) is 2.78. The molecule has 1 N–H and O–H groups in total. The molecule has 0 radical (unpaired) electrons. The van der Waals surface area contributed by atoms with Gasteiger partial charge in [0, 0.05) is 51.4 Å². The minimum Gasteiger partial charge on any atom is -0.444 e. The number of hydrogen-bond donors (Lipinski definition) is 1. The number of fused-ring (bicyclic) bond motifs is 2. The first kappa shape index (κ1) is 20.9. The van der Waals surface area contributed by atoms with E-state index in [1.165, 1.54) is 0 Å². The van der Waals surface area contributed by atoms with Crippen LogP contribution in [-0.4, -0.2) is 88.5 Å². The fourth-order valence-corrected chi connectivity index (χ4v) is 5.09. The number of nitrogens with zero attached hydrogens (tertiary/aromatic N) is 3. The number of carbonyl (C=O) groups excluding carboxylic acids is 1. The highest BCUT2D eigenvalue weighted by molar-refractivity contribution is 5.69. The first-order valence-corrected chi connectivity index (χ1v) is 10.7. The number of aliphatic hydroxyl groups is 1. The fourth-order valence-electron chi connectivity index (χ4n) is 5.09. The molecule has 6 nitrogen and oxygen atoms in total. The van der Waals surface area contributed by atoms with Crippen LogP contribution in [0.1, 0.15) is 60.3 Å². The van der Waals surface area contributed by atoms with Gasteiger partial charge in [-0.05, 0) is 66.2 Å². The lowest BCUT2D eigenvalue weighted by molar-refractivity contribution is -0.00527. The Kier molecular flexibility index (Phi) is 6.09. The Hall–Kier alpha value is -0.850. The van der Waals surface area contributed by atoms with Gasteiger partial charge in [0.15, 0.2) is 0 Å². The van der Waals surface area contributed by atoms with Crippen LogP contribution >= 0.6 is 0 Å². The van der Waals surface area contributed by atoms with Crippen LogP contribution < -0.4 is 0 Å². The summed E-state index contributed by atoms with van der Waals surface area (Å²) in [7, 11) is 0. The SMILES string of the molecule is CC(C)(O)CN1CCN(CC2CC3CCC(C2)N3C(=O)OC(C)(C)C)CC1. The van der Waals surface area contributed by atoms with Gasteiger partial charge in [-0.1, -0.05) is 0 Å². The van der Waals surface area contributed by atoms with Crippen LogP contribution in [0.4, 0.5) is 4.79 Å². The van der Waals surface area contributed by atoms with Crippen molar-refractivity contribution < 1.29 is 14.6 Å². The molecule has 3 aliphatic rings. The van der Waals surface area contributed by atoms with Crippen LogP contribution in [0.3, 0.4) is 0 Å². The smallest absolute Gasteiger partial charge is 0.410 e. The third-order valence-corrected chi connectivity index (χ3v) is 6.03. The van der Waals surface area contributed by atoms with E-state index >= 15 is 0 Å². The van der Waals surface area contributed by atoms with Crippen LogP contribution in [0, 0.1) is 5.92 Å². The topological polar surface area (TPSA) is 56.2 Å². The quantitative estimate of drug-likeness (QED) is 0.811. The summed E-state index contributed by atoms with van der Waals surface area (Å²) in [6.07, 6.45) is 4.35. The molecule has 0 spiro atoms. The van der Waals surface area contributed by atoms with Gasteiger partial charge in [0.25, 0.3) is 0 Å². The van der Waals surface area contributed by atoms with Gasteiger partial charge in [0.2, 0.25) is 0 Å². The monoisotopic (exact) mass is 381 g/mol. The second-order valence-corrected chi connectivity index (χ2v) is 10.5. The van der Waals surface area contributed by atoms with Gasteiger partial charge in [-0.3, -0.25) is 4.90 Å². The molecule has 3 aliphatic heterocycles. The second-order valence-electron chi connectivity index (χ2n) is 10.5. The van der Waals surface area contributed by atoms with E-state index in [9.17, 15) is 9.90 Å². The molecule has 0 aromatic heterocycles. The van der Waals surface area contributed by atoms with Crippen LogP contribution in [0.25, 0.3) is 0 Å². The number of hydrogen-bond acceptors (Lipinski definition) is 5. The number of rotatable bonds is 4. The Morgan fingerprint density at radius 1 is 0.963 bits per heavy atom. The summed E-state index contributed by atoms with van der Waals surface area (Å²) in [5, 5.41) is 10.0. The molecular weight excluding hydrogens is 342 g/mol. The van der Waals surface area contributed by atoms with Crippen LogP contribution in [0.15, 0.2) is 0 Å². The van der Waals surface area contributed by atoms with E-state index in [0.717, 1.165) is 65.0 Å². The molecule has 0 aliphatic carbocycles. The van der Waals surface area contributed by atoms with E-state index in [4.69, 9.17) is 4.74 Å². The minimum absolute atomic E-state index is 0.117. The molecule has 0 aromatic rings. The molecule has 3 saturated heterocycles. The summed E-state index contributed by atoms with van der Waals surface area (Å²) in [6.45, 7) is 15.7. The Bertz CT molecular complexity index is 504. The molecule has 156 valence electrons. The Morgan fingerprint density at radius 2 is 1.48 bits per heavy atom. The van der Waals surface area contributed by atoms with Crippen molar-refractivity contribution in [3.05, 3.63) is 0 Å². The van der Waals surface area contributed by atoms with Gasteiger partial charge >= 0.3 is 6.09 Å². The third kappa shape index (κ3) is 5.81. The van der Waals surface area contributed by atoms with Crippen molar-refractivity contribution >= 4 is 6.09 Å². The average molecular weight is 382 g/mol. The number of piperidine rings is 1. The van der Waals surface area contributed by atoms with Crippen molar-refractivity contribution in [2.45, 2.75) is 83.6 Å². The maximum absolute atomic E-state index is 12.6. The van der Waals surface area contributed by atoms with Crippen molar-refractivity contribution in [3.63, 3.8) is 0 Å². The van der Waals surface area contributed by atoms with Crippen LogP contribution in [0.2, 0.25) is 0 Å². The number of β-amino-alcohol motifs (C(OH)–C–C–N with tert-alkyl or cyclic N) is 1. The Labute approximate surface area is 164 Å². The van der Waals surface area contributed by atoms with Gasteiger partial charge in [0.1, 0.15) is 5.60 Å². The van der Waals surface area contributed by atoms with E-state index < -0.39 is 11.2 Å².